The van der Waals surface area contributed by atoms with E-state index in [0.29, 0.717) is 17.1 Å². The minimum Gasteiger partial charge on any atom is -0.480 e. The maximum absolute atomic E-state index is 11.2. The fourth-order valence-electron chi connectivity index (χ4n) is 3.60. The normalized spacial score (nSPS) is 25.6. The van der Waals surface area contributed by atoms with Crippen molar-refractivity contribution in [2.75, 3.05) is 24.5 Å². The fourth-order valence-corrected chi connectivity index (χ4v) is 3.72. The smallest absolute Gasteiger partial charge is 0.323 e. The standard InChI is InChI=1S/C15H19ClN2O2/c16-11-3-5-12(6-4-11)18(10-15(19)20)14-7-9-17-8-1-2-13(14)17/h3-6,13-14H,1-2,7-10H2,(H,19,20). The molecule has 1 aromatic rings. The molecule has 0 amide bonds. The fraction of sp³-hybridized carbons (Fsp3) is 0.533. The van der Waals surface area contributed by atoms with Gasteiger partial charge >= 0.3 is 5.97 Å². The van der Waals surface area contributed by atoms with E-state index in [2.05, 4.69) is 4.90 Å². The molecule has 2 atom stereocenters. The lowest BCUT2D eigenvalue weighted by molar-refractivity contribution is -0.135. The number of anilines is 1. The number of nitrogens with zero attached hydrogens (tertiary/aromatic N) is 2. The third-order valence-electron chi connectivity index (χ3n) is 4.43. The summed E-state index contributed by atoms with van der Waals surface area (Å²) in [6, 6.07) is 8.30. The molecule has 0 aliphatic carbocycles. The van der Waals surface area contributed by atoms with Gasteiger partial charge in [-0.25, -0.2) is 0 Å². The number of carboxylic acid groups (broad SMARTS) is 1. The van der Waals surface area contributed by atoms with E-state index >= 15 is 0 Å². The number of aliphatic carboxylic acids is 1. The van der Waals surface area contributed by atoms with Crippen molar-refractivity contribution in [3.63, 3.8) is 0 Å². The number of carboxylic acids is 1. The Morgan fingerprint density at radius 1 is 1.30 bits per heavy atom. The van der Waals surface area contributed by atoms with E-state index in [1.165, 1.54) is 12.8 Å². The van der Waals surface area contributed by atoms with Crippen LogP contribution >= 0.6 is 11.6 Å². The minimum atomic E-state index is -0.781. The van der Waals surface area contributed by atoms with Gasteiger partial charge in [-0.2, -0.15) is 0 Å². The number of fused-ring (bicyclic) bond motifs is 1. The first-order chi connectivity index (χ1) is 9.65. The highest BCUT2D eigenvalue weighted by Gasteiger charge is 2.40. The molecular formula is C15H19ClN2O2. The highest BCUT2D eigenvalue weighted by Crippen LogP contribution is 2.34. The third-order valence-corrected chi connectivity index (χ3v) is 4.69. The molecule has 2 fully saturated rings. The lowest BCUT2D eigenvalue weighted by Gasteiger charge is -2.33. The van der Waals surface area contributed by atoms with Gasteiger partial charge in [-0.15, -0.1) is 0 Å². The highest BCUT2D eigenvalue weighted by atomic mass is 35.5. The first-order valence-electron chi connectivity index (χ1n) is 7.13. The Bertz CT molecular complexity index is 491. The van der Waals surface area contributed by atoms with Crippen LogP contribution in [0.1, 0.15) is 19.3 Å². The van der Waals surface area contributed by atoms with E-state index in [1.807, 2.05) is 29.2 Å². The Kier molecular flexibility index (Phi) is 3.85. The van der Waals surface area contributed by atoms with Gasteiger partial charge in [-0.3, -0.25) is 9.69 Å². The van der Waals surface area contributed by atoms with Gasteiger partial charge in [0.15, 0.2) is 0 Å². The van der Waals surface area contributed by atoms with Gasteiger partial charge in [0, 0.05) is 29.3 Å². The Morgan fingerprint density at radius 3 is 2.75 bits per heavy atom. The average Bonchev–Trinajstić information content (AvgIpc) is 2.99. The lowest BCUT2D eigenvalue weighted by atomic mass is 10.0. The van der Waals surface area contributed by atoms with Crippen molar-refractivity contribution in [2.24, 2.45) is 0 Å². The maximum Gasteiger partial charge on any atom is 0.323 e. The number of rotatable bonds is 4. The molecule has 5 heteroatoms. The summed E-state index contributed by atoms with van der Waals surface area (Å²) in [7, 11) is 0. The third kappa shape index (κ3) is 2.63. The van der Waals surface area contributed by atoms with Crippen LogP contribution in [0, 0.1) is 0 Å². The van der Waals surface area contributed by atoms with Crippen molar-refractivity contribution in [1.82, 2.24) is 4.90 Å². The summed E-state index contributed by atoms with van der Waals surface area (Å²) in [5.41, 5.74) is 0.954. The molecule has 4 nitrogen and oxygen atoms in total. The summed E-state index contributed by atoms with van der Waals surface area (Å²) in [6.45, 7) is 2.29. The van der Waals surface area contributed by atoms with Crippen molar-refractivity contribution in [3.05, 3.63) is 29.3 Å². The molecule has 2 saturated heterocycles. The first-order valence-corrected chi connectivity index (χ1v) is 7.51. The zero-order valence-corrected chi connectivity index (χ0v) is 12.1. The molecular weight excluding hydrogens is 276 g/mol. The molecule has 0 radical (unpaired) electrons. The second kappa shape index (κ2) is 5.62. The monoisotopic (exact) mass is 294 g/mol. The SMILES string of the molecule is O=C(O)CN(c1ccc(Cl)cc1)C1CCN2CCCC12. The number of halogens is 1. The summed E-state index contributed by atoms with van der Waals surface area (Å²) < 4.78 is 0. The summed E-state index contributed by atoms with van der Waals surface area (Å²) in [5, 5.41) is 9.90. The summed E-state index contributed by atoms with van der Waals surface area (Å²) >= 11 is 5.93. The summed E-state index contributed by atoms with van der Waals surface area (Å²) in [4.78, 5) is 15.7. The molecule has 1 N–H and O–H groups in total. The lowest BCUT2D eigenvalue weighted by Crippen LogP contribution is -2.45. The van der Waals surface area contributed by atoms with Crippen LogP contribution in [0.3, 0.4) is 0 Å². The molecule has 108 valence electrons. The zero-order valence-electron chi connectivity index (χ0n) is 11.3. The first kappa shape index (κ1) is 13.7. The van der Waals surface area contributed by atoms with Crippen molar-refractivity contribution in [2.45, 2.75) is 31.3 Å². The Hall–Kier alpha value is -1.26. The van der Waals surface area contributed by atoms with Crippen LogP contribution in [0.25, 0.3) is 0 Å². The molecule has 2 aliphatic rings. The molecule has 0 saturated carbocycles. The zero-order chi connectivity index (χ0) is 14.1. The number of carbonyl (C=O) groups is 1. The van der Waals surface area contributed by atoms with Gasteiger partial charge in [-0.05, 0) is 50.1 Å². The molecule has 20 heavy (non-hydrogen) atoms. The van der Waals surface area contributed by atoms with Gasteiger partial charge in [0.25, 0.3) is 0 Å². The van der Waals surface area contributed by atoms with E-state index in [-0.39, 0.29) is 6.54 Å². The quantitative estimate of drug-likeness (QED) is 0.926. The Morgan fingerprint density at radius 2 is 2.05 bits per heavy atom. The van der Waals surface area contributed by atoms with Crippen LogP contribution < -0.4 is 4.90 Å². The molecule has 3 rings (SSSR count). The maximum atomic E-state index is 11.2. The van der Waals surface area contributed by atoms with E-state index in [4.69, 9.17) is 11.6 Å². The number of benzene rings is 1. The predicted octanol–water partition coefficient (Wildman–Crippen LogP) is 2.47. The van der Waals surface area contributed by atoms with Gasteiger partial charge in [0.1, 0.15) is 6.54 Å². The van der Waals surface area contributed by atoms with Crippen molar-refractivity contribution >= 4 is 23.3 Å². The molecule has 0 bridgehead atoms. The second-order valence-electron chi connectivity index (χ2n) is 5.60. The number of hydrogen-bond donors (Lipinski definition) is 1. The Balaban J connectivity index is 1.86. The minimum absolute atomic E-state index is 0.0522. The van der Waals surface area contributed by atoms with Crippen LogP contribution in [0.15, 0.2) is 24.3 Å². The topological polar surface area (TPSA) is 43.8 Å². The van der Waals surface area contributed by atoms with Crippen LogP contribution in [-0.4, -0.2) is 47.7 Å². The van der Waals surface area contributed by atoms with Crippen molar-refractivity contribution in [1.29, 1.82) is 0 Å². The highest BCUT2D eigenvalue weighted by molar-refractivity contribution is 6.30. The van der Waals surface area contributed by atoms with Crippen LogP contribution in [0.5, 0.6) is 0 Å². The van der Waals surface area contributed by atoms with Crippen molar-refractivity contribution in [3.8, 4) is 0 Å². The van der Waals surface area contributed by atoms with Crippen LogP contribution in [0.4, 0.5) is 5.69 Å². The molecule has 0 spiro atoms. The van der Waals surface area contributed by atoms with Crippen LogP contribution in [0.2, 0.25) is 5.02 Å². The largest absolute Gasteiger partial charge is 0.480 e. The summed E-state index contributed by atoms with van der Waals surface area (Å²) in [5.74, 6) is -0.781. The molecule has 2 heterocycles. The van der Waals surface area contributed by atoms with E-state index in [0.717, 1.165) is 25.2 Å². The second-order valence-corrected chi connectivity index (χ2v) is 6.04. The molecule has 0 aromatic heterocycles. The van der Waals surface area contributed by atoms with Gasteiger partial charge in [0.05, 0.1) is 0 Å². The van der Waals surface area contributed by atoms with Crippen LogP contribution in [-0.2, 0) is 4.79 Å². The van der Waals surface area contributed by atoms with E-state index in [1.54, 1.807) is 0 Å². The average molecular weight is 295 g/mol. The van der Waals surface area contributed by atoms with Gasteiger partial charge < -0.3 is 10.0 Å². The van der Waals surface area contributed by atoms with E-state index < -0.39 is 5.97 Å². The molecule has 2 unspecified atom stereocenters. The predicted molar refractivity (Wildman–Crippen MR) is 79.4 cm³/mol. The van der Waals surface area contributed by atoms with Gasteiger partial charge in [-0.1, -0.05) is 11.6 Å². The number of hydrogen-bond acceptors (Lipinski definition) is 3. The molecule has 2 aliphatic heterocycles. The Labute approximate surface area is 123 Å². The van der Waals surface area contributed by atoms with Gasteiger partial charge in [0.2, 0.25) is 0 Å². The van der Waals surface area contributed by atoms with Crippen molar-refractivity contribution < 1.29 is 9.90 Å². The summed E-state index contributed by atoms with van der Waals surface area (Å²) in [6.07, 6.45) is 3.44. The van der Waals surface area contributed by atoms with E-state index in [9.17, 15) is 9.90 Å². The molecule has 1 aromatic carbocycles.